The number of alkyl halides is 3. The predicted molar refractivity (Wildman–Crippen MR) is 81.6 cm³/mol. The van der Waals surface area contributed by atoms with E-state index in [-0.39, 0.29) is 12.2 Å². The van der Waals surface area contributed by atoms with E-state index in [2.05, 4.69) is 20.2 Å². The molecule has 3 rings (SSSR count). The van der Waals surface area contributed by atoms with Crippen LogP contribution in [0.1, 0.15) is 43.0 Å². The molecule has 0 aliphatic carbocycles. The minimum Gasteiger partial charge on any atom is -0.352 e. The number of anilines is 1. The molecule has 0 saturated carbocycles. The molecule has 24 heavy (non-hydrogen) atoms. The van der Waals surface area contributed by atoms with Crippen LogP contribution in [0.4, 0.5) is 19.0 Å². The number of hydrogen-bond donors (Lipinski definition) is 0. The molecule has 0 saturated heterocycles. The normalized spacial score (nSPS) is 17.6. The summed E-state index contributed by atoms with van der Waals surface area (Å²) in [5.74, 6) is -0.266. The van der Waals surface area contributed by atoms with Gasteiger partial charge < -0.3 is 9.47 Å². The molecule has 6 nitrogen and oxygen atoms in total. The Balaban J connectivity index is 1.83. The molecule has 130 valence electrons. The lowest BCUT2D eigenvalue weighted by molar-refractivity contribution is -0.156. The molecule has 1 aliphatic heterocycles. The topological polar surface area (TPSA) is 59.7 Å². The van der Waals surface area contributed by atoms with Crippen molar-refractivity contribution in [2.45, 2.75) is 51.4 Å². The molecule has 0 spiro atoms. The second-order valence-corrected chi connectivity index (χ2v) is 5.94. The van der Waals surface area contributed by atoms with E-state index >= 15 is 0 Å². The van der Waals surface area contributed by atoms with Gasteiger partial charge in [0.1, 0.15) is 23.9 Å². The molecule has 9 heteroatoms. The smallest absolute Gasteiger partial charge is 0.352 e. The van der Waals surface area contributed by atoms with E-state index in [9.17, 15) is 13.2 Å². The van der Waals surface area contributed by atoms with Gasteiger partial charge in [0.25, 0.3) is 0 Å². The molecule has 0 fully saturated rings. The second kappa shape index (κ2) is 6.37. The van der Waals surface area contributed by atoms with E-state index in [4.69, 9.17) is 0 Å². The lowest BCUT2D eigenvalue weighted by Crippen LogP contribution is -2.29. The van der Waals surface area contributed by atoms with Gasteiger partial charge in [-0.3, -0.25) is 0 Å². The van der Waals surface area contributed by atoms with E-state index in [1.807, 2.05) is 24.9 Å². The lowest BCUT2D eigenvalue weighted by Gasteiger charge is -2.26. The van der Waals surface area contributed by atoms with Crippen molar-refractivity contribution in [3.05, 3.63) is 29.7 Å². The van der Waals surface area contributed by atoms with Crippen LogP contribution < -0.4 is 4.90 Å². The summed E-state index contributed by atoms with van der Waals surface area (Å²) in [6, 6.07) is 1.87. The number of aryl methyl sites for hydroxylation is 1. The lowest BCUT2D eigenvalue weighted by atomic mass is 9.98. The van der Waals surface area contributed by atoms with Gasteiger partial charge in [-0.2, -0.15) is 13.2 Å². The molecule has 1 aliphatic rings. The van der Waals surface area contributed by atoms with Crippen molar-refractivity contribution >= 4 is 5.82 Å². The van der Waals surface area contributed by atoms with Crippen molar-refractivity contribution in [2.75, 3.05) is 11.9 Å². The minimum atomic E-state index is -4.28. The Morgan fingerprint density at radius 2 is 2.08 bits per heavy atom. The fraction of sp³-hybridized carbons (Fsp3) is 0.600. The van der Waals surface area contributed by atoms with E-state index in [1.54, 1.807) is 4.57 Å². The Kier molecular flexibility index (Phi) is 4.42. The number of fused-ring (bicyclic) bond motifs is 1. The van der Waals surface area contributed by atoms with Crippen molar-refractivity contribution in [3.63, 3.8) is 0 Å². The first-order valence-corrected chi connectivity index (χ1v) is 7.91. The highest BCUT2D eigenvalue weighted by Gasteiger charge is 2.45. The number of nitrogens with zero attached hydrogens (tertiary/aromatic N) is 6. The van der Waals surface area contributed by atoms with Gasteiger partial charge in [0, 0.05) is 25.4 Å². The van der Waals surface area contributed by atoms with Gasteiger partial charge in [-0.25, -0.2) is 9.97 Å². The van der Waals surface area contributed by atoms with Crippen molar-refractivity contribution in [1.82, 2.24) is 24.7 Å². The maximum atomic E-state index is 13.1. The molecule has 0 bridgehead atoms. The highest BCUT2D eigenvalue weighted by atomic mass is 19.4. The average molecular weight is 340 g/mol. The zero-order valence-electron chi connectivity index (χ0n) is 13.6. The molecule has 2 aromatic rings. The summed E-state index contributed by atoms with van der Waals surface area (Å²) >= 11 is 0. The van der Waals surface area contributed by atoms with Gasteiger partial charge >= 0.3 is 6.18 Å². The second-order valence-electron chi connectivity index (χ2n) is 5.94. The largest absolute Gasteiger partial charge is 0.398 e. The standard InChI is InChI=1S/C15H19F3N6/c1-3-10-7-12(20-9-19-10)23(2)8-13-21-22-14-11(15(16,17)18)5-4-6-24(13)14/h7,9,11H,3-6,8H2,1-2H3. The van der Waals surface area contributed by atoms with Gasteiger partial charge in [0.05, 0.1) is 6.54 Å². The van der Waals surface area contributed by atoms with Crippen LogP contribution >= 0.6 is 0 Å². The van der Waals surface area contributed by atoms with E-state index < -0.39 is 12.1 Å². The summed E-state index contributed by atoms with van der Waals surface area (Å²) in [6.45, 7) is 2.86. The van der Waals surface area contributed by atoms with Crippen LogP contribution in [0, 0.1) is 0 Å². The first-order chi connectivity index (χ1) is 11.4. The maximum Gasteiger partial charge on any atom is 0.398 e. The first-order valence-electron chi connectivity index (χ1n) is 7.91. The van der Waals surface area contributed by atoms with E-state index in [0.717, 1.165) is 12.1 Å². The minimum absolute atomic E-state index is 0.0223. The van der Waals surface area contributed by atoms with Crippen LogP contribution in [-0.4, -0.2) is 38.0 Å². The molecule has 0 N–H and O–H groups in total. The summed E-state index contributed by atoms with van der Waals surface area (Å²) in [6.07, 6.45) is -1.46. The zero-order valence-corrected chi connectivity index (χ0v) is 13.6. The van der Waals surface area contributed by atoms with Gasteiger partial charge in [0.15, 0.2) is 5.82 Å². The van der Waals surface area contributed by atoms with Crippen LogP contribution in [0.25, 0.3) is 0 Å². The summed E-state index contributed by atoms with van der Waals surface area (Å²) in [7, 11) is 1.83. The maximum absolute atomic E-state index is 13.1. The summed E-state index contributed by atoms with van der Waals surface area (Å²) in [4.78, 5) is 10.2. The number of hydrogen-bond acceptors (Lipinski definition) is 5. The Morgan fingerprint density at radius 1 is 1.29 bits per heavy atom. The molecule has 3 heterocycles. The molecular formula is C15H19F3N6. The molecule has 0 radical (unpaired) electrons. The van der Waals surface area contributed by atoms with Crippen molar-refractivity contribution < 1.29 is 13.2 Å². The highest BCUT2D eigenvalue weighted by Crippen LogP contribution is 2.40. The first kappa shape index (κ1) is 16.7. The summed E-state index contributed by atoms with van der Waals surface area (Å²) in [5, 5.41) is 7.82. The summed E-state index contributed by atoms with van der Waals surface area (Å²) < 4.78 is 41.0. The number of rotatable bonds is 4. The third-order valence-electron chi connectivity index (χ3n) is 4.28. The van der Waals surface area contributed by atoms with Gasteiger partial charge in [-0.05, 0) is 19.3 Å². The molecule has 0 aromatic carbocycles. The SMILES string of the molecule is CCc1cc(N(C)Cc2nnc3n2CCCC3C(F)(F)F)ncn1. The van der Waals surface area contributed by atoms with Crippen molar-refractivity contribution in [2.24, 2.45) is 0 Å². The van der Waals surface area contributed by atoms with E-state index in [0.29, 0.717) is 31.2 Å². The van der Waals surface area contributed by atoms with Gasteiger partial charge in [0.2, 0.25) is 0 Å². The number of halogens is 3. The van der Waals surface area contributed by atoms with Crippen LogP contribution in [-0.2, 0) is 19.5 Å². The van der Waals surface area contributed by atoms with Gasteiger partial charge in [-0.1, -0.05) is 6.92 Å². The molecule has 1 atom stereocenters. The Hall–Kier alpha value is -2.19. The monoisotopic (exact) mass is 340 g/mol. The zero-order chi connectivity index (χ0) is 17.3. The third kappa shape index (κ3) is 3.20. The predicted octanol–water partition coefficient (Wildman–Crippen LogP) is 2.71. The Labute approximate surface area is 137 Å². The van der Waals surface area contributed by atoms with Crippen molar-refractivity contribution in [1.29, 1.82) is 0 Å². The highest BCUT2D eigenvalue weighted by molar-refractivity contribution is 5.38. The Bertz CT molecular complexity index is 711. The molecular weight excluding hydrogens is 321 g/mol. The summed E-state index contributed by atoms with van der Waals surface area (Å²) in [5.41, 5.74) is 0.909. The Morgan fingerprint density at radius 3 is 2.79 bits per heavy atom. The quantitative estimate of drug-likeness (QED) is 0.856. The van der Waals surface area contributed by atoms with E-state index in [1.165, 1.54) is 6.33 Å². The fourth-order valence-electron chi connectivity index (χ4n) is 2.94. The van der Waals surface area contributed by atoms with Crippen LogP contribution in [0.5, 0.6) is 0 Å². The third-order valence-corrected chi connectivity index (χ3v) is 4.28. The fourth-order valence-corrected chi connectivity index (χ4v) is 2.94. The van der Waals surface area contributed by atoms with Gasteiger partial charge in [-0.15, -0.1) is 10.2 Å². The van der Waals surface area contributed by atoms with Crippen molar-refractivity contribution in [3.8, 4) is 0 Å². The van der Waals surface area contributed by atoms with Crippen LogP contribution in [0.3, 0.4) is 0 Å². The molecule has 2 aromatic heterocycles. The van der Waals surface area contributed by atoms with Crippen LogP contribution in [0.2, 0.25) is 0 Å². The number of aromatic nitrogens is 5. The van der Waals surface area contributed by atoms with Crippen LogP contribution in [0.15, 0.2) is 12.4 Å². The average Bonchev–Trinajstić information content (AvgIpc) is 2.97. The molecule has 0 amide bonds. The molecule has 1 unspecified atom stereocenters.